The van der Waals surface area contributed by atoms with Crippen LogP contribution < -0.4 is 0 Å². The fraction of sp³-hybridized carbons (Fsp3) is 0.308. The van der Waals surface area contributed by atoms with Gasteiger partial charge in [-0.25, -0.2) is 4.98 Å². The Kier molecular flexibility index (Phi) is 3.30. The van der Waals surface area contributed by atoms with Gasteiger partial charge in [0, 0.05) is 18.3 Å². The second kappa shape index (κ2) is 4.71. The van der Waals surface area contributed by atoms with Gasteiger partial charge in [-0.15, -0.1) is 12.4 Å². The molecule has 3 heteroatoms. The molecular weight excluding hydrogens is 220 g/mol. The summed E-state index contributed by atoms with van der Waals surface area (Å²) in [6.07, 6.45) is 7.44. The van der Waals surface area contributed by atoms with Crippen molar-refractivity contribution in [3.8, 4) is 0 Å². The SMILES string of the molecule is Cl.c1ccc2c(c1)CCCC2c1ncc[nH]1. The molecule has 1 aliphatic rings. The lowest BCUT2D eigenvalue weighted by Crippen LogP contribution is -2.11. The number of aromatic nitrogens is 2. The van der Waals surface area contributed by atoms with E-state index < -0.39 is 0 Å². The lowest BCUT2D eigenvalue weighted by atomic mass is 9.82. The number of nitrogens with one attached hydrogen (secondary N) is 1. The number of rotatable bonds is 1. The van der Waals surface area contributed by atoms with E-state index >= 15 is 0 Å². The molecule has 2 nitrogen and oxygen atoms in total. The molecule has 1 unspecified atom stereocenters. The van der Waals surface area contributed by atoms with Gasteiger partial charge in [0.25, 0.3) is 0 Å². The van der Waals surface area contributed by atoms with Gasteiger partial charge in [-0.3, -0.25) is 0 Å². The average molecular weight is 235 g/mol. The van der Waals surface area contributed by atoms with Gasteiger partial charge >= 0.3 is 0 Å². The summed E-state index contributed by atoms with van der Waals surface area (Å²) in [4.78, 5) is 7.62. The molecule has 0 radical (unpaired) electrons. The fourth-order valence-corrected chi connectivity index (χ4v) is 2.51. The van der Waals surface area contributed by atoms with Crippen LogP contribution in [0.1, 0.15) is 35.7 Å². The normalized spacial score (nSPS) is 18.6. The maximum atomic E-state index is 4.38. The first kappa shape index (κ1) is 11.2. The van der Waals surface area contributed by atoms with Crippen LogP contribution >= 0.6 is 12.4 Å². The Labute approximate surface area is 102 Å². The summed E-state index contributed by atoms with van der Waals surface area (Å²) in [6, 6.07) is 8.73. The quantitative estimate of drug-likeness (QED) is 0.806. The van der Waals surface area contributed by atoms with E-state index in [4.69, 9.17) is 0 Å². The summed E-state index contributed by atoms with van der Waals surface area (Å²) >= 11 is 0. The minimum Gasteiger partial charge on any atom is -0.348 e. The lowest BCUT2D eigenvalue weighted by molar-refractivity contribution is 0.595. The van der Waals surface area contributed by atoms with E-state index in [9.17, 15) is 0 Å². The average Bonchev–Trinajstić information content (AvgIpc) is 2.82. The van der Waals surface area contributed by atoms with Crippen molar-refractivity contribution in [1.29, 1.82) is 0 Å². The van der Waals surface area contributed by atoms with Gasteiger partial charge in [-0.05, 0) is 30.4 Å². The van der Waals surface area contributed by atoms with E-state index in [2.05, 4.69) is 34.2 Å². The number of aromatic amines is 1. The monoisotopic (exact) mass is 234 g/mol. The molecule has 0 spiro atoms. The van der Waals surface area contributed by atoms with Crippen molar-refractivity contribution in [2.24, 2.45) is 0 Å². The summed E-state index contributed by atoms with van der Waals surface area (Å²) in [5.74, 6) is 1.59. The molecule has 84 valence electrons. The zero-order valence-electron chi connectivity index (χ0n) is 9.02. The third kappa shape index (κ3) is 1.85. The number of benzene rings is 1. The Bertz CT molecular complexity index is 451. The maximum Gasteiger partial charge on any atom is 0.113 e. The predicted molar refractivity (Wildman–Crippen MR) is 67.1 cm³/mol. The van der Waals surface area contributed by atoms with Crippen LogP contribution in [-0.4, -0.2) is 9.97 Å². The lowest BCUT2D eigenvalue weighted by Gasteiger charge is -2.23. The Morgan fingerprint density at radius 3 is 2.94 bits per heavy atom. The van der Waals surface area contributed by atoms with Gasteiger partial charge in [-0.2, -0.15) is 0 Å². The topological polar surface area (TPSA) is 28.7 Å². The molecule has 0 amide bonds. The Morgan fingerprint density at radius 2 is 2.12 bits per heavy atom. The molecule has 0 saturated heterocycles. The van der Waals surface area contributed by atoms with Crippen molar-refractivity contribution in [2.75, 3.05) is 0 Å². The zero-order valence-corrected chi connectivity index (χ0v) is 9.83. The van der Waals surface area contributed by atoms with Crippen LogP contribution in [0.3, 0.4) is 0 Å². The van der Waals surface area contributed by atoms with Gasteiger partial charge in [0.05, 0.1) is 0 Å². The molecule has 1 aromatic heterocycles. The van der Waals surface area contributed by atoms with Crippen LogP contribution in [0, 0.1) is 0 Å². The molecule has 1 aliphatic carbocycles. The summed E-state index contributed by atoms with van der Waals surface area (Å²) in [7, 11) is 0. The molecule has 0 bridgehead atoms. The molecule has 1 heterocycles. The third-order valence-electron chi connectivity index (χ3n) is 3.22. The van der Waals surface area contributed by atoms with Crippen LogP contribution in [0.2, 0.25) is 0 Å². The molecule has 0 fully saturated rings. The van der Waals surface area contributed by atoms with Crippen LogP contribution in [0.4, 0.5) is 0 Å². The Balaban J connectivity index is 0.000000963. The smallest absolute Gasteiger partial charge is 0.113 e. The number of hydrogen-bond donors (Lipinski definition) is 1. The van der Waals surface area contributed by atoms with Crippen molar-refractivity contribution >= 4 is 12.4 Å². The number of nitrogens with zero attached hydrogens (tertiary/aromatic N) is 1. The number of aryl methyl sites for hydroxylation is 1. The molecule has 0 saturated carbocycles. The fourth-order valence-electron chi connectivity index (χ4n) is 2.51. The Morgan fingerprint density at radius 1 is 1.25 bits per heavy atom. The Hall–Kier alpha value is -1.28. The van der Waals surface area contributed by atoms with E-state index in [0.717, 1.165) is 5.82 Å². The minimum atomic E-state index is 0. The van der Waals surface area contributed by atoms with Gasteiger partial charge in [0.1, 0.15) is 5.82 Å². The summed E-state index contributed by atoms with van der Waals surface area (Å²) in [5.41, 5.74) is 2.95. The van der Waals surface area contributed by atoms with Crippen molar-refractivity contribution in [1.82, 2.24) is 9.97 Å². The van der Waals surface area contributed by atoms with Crippen LogP contribution in [0.5, 0.6) is 0 Å². The maximum absolute atomic E-state index is 4.38. The van der Waals surface area contributed by atoms with E-state index in [-0.39, 0.29) is 12.4 Å². The number of hydrogen-bond acceptors (Lipinski definition) is 1. The highest BCUT2D eigenvalue weighted by molar-refractivity contribution is 5.85. The molecule has 2 aromatic rings. The van der Waals surface area contributed by atoms with Crippen LogP contribution in [-0.2, 0) is 6.42 Å². The first-order valence-corrected chi connectivity index (χ1v) is 5.52. The molecule has 1 atom stereocenters. The van der Waals surface area contributed by atoms with E-state index in [1.807, 2.05) is 12.4 Å². The largest absolute Gasteiger partial charge is 0.348 e. The minimum absolute atomic E-state index is 0. The van der Waals surface area contributed by atoms with E-state index in [1.165, 1.54) is 30.4 Å². The van der Waals surface area contributed by atoms with E-state index in [0.29, 0.717) is 5.92 Å². The molecule has 3 rings (SSSR count). The third-order valence-corrected chi connectivity index (χ3v) is 3.22. The van der Waals surface area contributed by atoms with Gasteiger partial charge in [0.15, 0.2) is 0 Å². The van der Waals surface area contributed by atoms with E-state index in [1.54, 1.807) is 0 Å². The second-order valence-electron chi connectivity index (χ2n) is 4.12. The van der Waals surface area contributed by atoms with Crippen LogP contribution in [0.15, 0.2) is 36.7 Å². The standard InChI is InChI=1S/C13H14N2.ClH/c1-2-6-11-10(4-1)5-3-7-12(11)13-14-8-9-15-13;/h1-2,4,6,8-9,12H,3,5,7H2,(H,14,15);1H. The predicted octanol–water partition coefficient (Wildman–Crippen LogP) is 3.30. The first-order chi connectivity index (χ1) is 7.45. The molecule has 1 N–H and O–H groups in total. The van der Waals surface area contributed by atoms with Crippen LogP contribution in [0.25, 0.3) is 0 Å². The highest BCUT2D eigenvalue weighted by Gasteiger charge is 2.22. The first-order valence-electron chi connectivity index (χ1n) is 5.52. The summed E-state index contributed by atoms with van der Waals surface area (Å²) in [5, 5.41) is 0. The molecular formula is C13H15ClN2. The van der Waals surface area contributed by atoms with Crippen molar-refractivity contribution in [3.05, 3.63) is 53.6 Å². The van der Waals surface area contributed by atoms with Gasteiger partial charge in [0.2, 0.25) is 0 Å². The summed E-state index contributed by atoms with van der Waals surface area (Å²) in [6.45, 7) is 0. The molecule has 16 heavy (non-hydrogen) atoms. The molecule has 1 aromatic carbocycles. The number of imidazole rings is 1. The highest BCUT2D eigenvalue weighted by Crippen LogP contribution is 2.34. The van der Waals surface area contributed by atoms with Crippen molar-refractivity contribution in [2.45, 2.75) is 25.2 Å². The highest BCUT2D eigenvalue weighted by atomic mass is 35.5. The summed E-state index contributed by atoms with van der Waals surface area (Å²) < 4.78 is 0. The zero-order chi connectivity index (χ0) is 10.1. The number of H-pyrrole nitrogens is 1. The van der Waals surface area contributed by atoms with Gasteiger partial charge < -0.3 is 4.98 Å². The number of halogens is 1. The number of fused-ring (bicyclic) bond motifs is 1. The van der Waals surface area contributed by atoms with Crippen molar-refractivity contribution in [3.63, 3.8) is 0 Å². The van der Waals surface area contributed by atoms with Crippen molar-refractivity contribution < 1.29 is 0 Å². The molecule has 0 aliphatic heterocycles. The second-order valence-corrected chi connectivity index (χ2v) is 4.12. The van der Waals surface area contributed by atoms with Gasteiger partial charge in [-0.1, -0.05) is 24.3 Å².